The van der Waals surface area contributed by atoms with E-state index in [1.54, 1.807) is 0 Å². The predicted octanol–water partition coefficient (Wildman–Crippen LogP) is 5.64. The van der Waals surface area contributed by atoms with Crippen LogP contribution in [-0.4, -0.2) is 0 Å². The van der Waals surface area contributed by atoms with Crippen molar-refractivity contribution in [3.8, 4) is 17.6 Å². The fourth-order valence-electron chi connectivity index (χ4n) is 4.10. The molecule has 0 aliphatic carbocycles. The molecule has 1 aliphatic rings. The summed E-state index contributed by atoms with van der Waals surface area (Å²) in [7, 11) is 0. The van der Waals surface area contributed by atoms with Gasteiger partial charge in [-0.3, -0.25) is 0 Å². The van der Waals surface area contributed by atoms with Crippen molar-refractivity contribution in [1.29, 1.82) is 5.26 Å². The van der Waals surface area contributed by atoms with Crippen molar-refractivity contribution >= 4 is 10.8 Å². The Bertz CT molecular complexity index is 1340. The van der Waals surface area contributed by atoms with Gasteiger partial charge in [-0.05, 0) is 40.1 Å². The van der Waals surface area contributed by atoms with Gasteiger partial charge in [-0.1, -0.05) is 72.8 Å². The average Bonchev–Trinajstić information content (AvgIpc) is 2.82. The standard InChI is InChI=1S/C27H20N2O2/c28-16-23-25(20-10-6-11-21(15-20)30-17-18-7-2-1-3-8-18)26-22-12-5-4-9-19(22)13-14-24(26)31-27(23)29/h1-15,25H,17,29H2/t25-/m0/s1. The van der Waals surface area contributed by atoms with E-state index in [9.17, 15) is 5.26 Å². The minimum absolute atomic E-state index is 0.144. The number of allylic oxidation sites excluding steroid dienone is 1. The molecule has 150 valence electrons. The van der Waals surface area contributed by atoms with Crippen LogP contribution in [-0.2, 0) is 6.61 Å². The Morgan fingerprint density at radius 2 is 1.71 bits per heavy atom. The smallest absolute Gasteiger partial charge is 0.205 e. The number of hydrogen-bond acceptors (Lipinski definition) is 4. The number of fused-ring (bicyclic) bond motifs is 3. The van der Waals surface area contributed by atoms with Crippen LogP contribution in [0.5, 0.6) is 11.5 Å². The number of ether oxygens (including phenoxy) is 2. The quantitative estimate of drug-likeness (QED) is 0.478. The van der Waals surface area contributed by atoms with Crippen LogP contribution in [0.25, 0.3) is 10.8 Å². The Labute approximate surface area is 180 Å². The fourth-order valence-corrected chi connectivity index (χ4v) is 4.10. The largest absolute Gasteiger partial charge is 0.489 e. The van der Waals surface area contributed by atoms with Gasteiger partial charge < -0.3 is 15.2 Å². The summed E-state index contributed by atoms with van der Waals surface area (Å²) < 4.78 is 11.9. The van der Waals surface area contributed by atoms with Gasteiger partial charge in [0.05, 0.1) is 5.92 Å². The molecule has 0 aromatic heterocycles. The molecule has 0 spiro atoms. The molecule has 0 saturated heterocycles. The summed E-state index contributed by atoms with van der Waals surface area (Å²) in [5.41, 5.74) is 9.54. The van der Waals surface area contributed by atoms with Crippen LogP contribution >= 0.6 is 0 Å². The van der Waals surface area contributed by atoms with E-state index in [0.717, 1.165) is 33.2 Å². The van der Waals surface area contributed by atoms with E-state index < -0.39 is 0 Å². The van der Waals surface area contributed by atoms with Crippen molar-refractivity contribution < 1.29 is 9.47 Å². The van der Waals surface area contributed by atoms with Crippen LogP contribution in [0, 0.1) is 11.3 Å². The van der Waals surface area contributed by atoms with Gasteiger partial charge in [0.25, 0.3) is 0 Å². The molecule has 4 nitrogen and oxygen atoms in total. The highest BCUT2D eigenvalue weighted by Crippen LogP contribution is 2.46. The summed E-state index contributed by atoms with van der Waals surface area (Å²) in [6, 6.07) is 32.2. The SMILES string of the molecule is N#CC1=C(N)Oc2ccc3ccccc3c2[C@H]1c1cccc(OCc2ccccc2)c1. The Kier molecular flexibility index (Phi) is 4.78. The summed E-state index contributed by atoms with van der Waals surface area (Å²) in [4.78, 5) is 0. The highest BCUT2D eigenvalue weighted by molar-refractivity contribution is 5.90. The molecule has 0 bridgehead atoms. The van der Waals surface area contributed by atoms with Crippen LogP contribution in [0.4, 0.5) is 0 Å². The van der Waals surface area contributed by atoms with Gasteiger partial charge in [0, 0.05) is 5.56 Å². The van der Waals surface area contributed by atoms with E-state index in [-0.39, 0.29) is 11.8 Å². The molecule has 0 amide bonds. The van der Waals surface area contributed by atoms with Gasteiger partial charge >= 0.3 is 0 Å². The Morgan fingerprint density at radius 3 is 2.55 bits per heavy atom. The van der Waals surface area contributed by atoms with Crippen LogP contribution in [0.15, 0.2) is 102 Å². The molecule has 5 rings (SSSR count). The zero-order chi connectivity index (χ0) is 21.2. The van der Waals surface area contributed by atoms with Gasteiger partial charge in [0.1, 0.15) is 29.7 Å². The molecule has 4 heteroatoms. The van der Waals surface area contributed by atoms with Gasteiger partial charge in [-0.15, -0.1) is 0 Å². The summed E-state index contributed by atoms with van der Waals surface area (Å²) >= 11 is 0. The topological polar surface area (TPSA) is 68.3 Å². The van der Waals surface area contributed by atoms with E-state index in [1.807, 2.05) is 78.9 Å². The third-order valence-electron chi connectivity index (χ3n) is 5.55. The number of hydrogen-bond donors (Lipinski definition) is 1. The monoisotopic (exact) mass is 404 g/mol. The maximum absolute atomic E-state index is 9.91. The highest BCUT2D eigenvalue weighted by Gasteiger charge is 2.32. The van der Waals surface area contributed by atoms with Crippen molar-refractivity contribution in [3.05, 3.63) is 119 Å². The minimum Gasteiger partial charge on any atom is -0.489 e. The predicted molar refractivity (Wildman–Crippen MR) is 120 cm³/mol. The first-order valence-electron chi connectivity index (χ1n) is 10.1. The normalized spacial score (nSPS) is 15.1. The van der Waals surface area contributed by atoms with Crippen LogP contribution in [0.2, 0.25) is 0 Å². The van der Waals surface area contributed by atoms with Crippen molar-refractivity contribution in [2.75, 3.05) is 0 Å². The second-order valence-corrected chi connectivity index (χ2v) is 7.47. The number of rotatable bonds is 4. The summed E-state index contributed by atoms with van der Waals surface area (Å²) in [5.74, 6) is 1.23. The Morgan fingerprint density at radius 1 is 0.903 bits per heavy atom. The van der Waals surface area contributed by atoms with Crippen molar-refractivity contribution in [1.82, 2.24) is 0 Å². The van der Waals surface area contributed by atoms with Gasteiger partial charge in [-0.25, -0.2) is 0 Å². The lowest BCUT2D eigenvalue weighted by molar-refractivity contribution is 0.306. The molecule has 2 N–H and O–H groups in total. The lowest BCUT2D eigenvalue weighted by Crippen LogP contribution is -2.21. The number of nitrogens with two attached hydrogens (primary N) is 1. The van der Waals surface area contributed by atoms with Gasteiger partial charge in [0.15, 0.2) is 0 Å². The van der Waals surface area contributed by atoms with Crippen LogP contribution in [0.1, 0.15) is 22.6 Å². The molecule has 0 unspecified atom stereocenters. The molecule has 4 aromatic rings. The maximum atomic E-state index is 9.91. The molecule has 0 saturated carbocycles. The maximum Gasteiger partial charge on any atom is 0.205 e. The fraction of sp³-hybridized carbons (Fsp3) is 0.0741. The van der Waals surface area contributed by atoms with Crippen molar-refractivity contribution in [2.45, 2.75) is 12.5 Å². The number of nitriles is 1. The first kappa shape index (κ1) is 18.8. The molecule has 1 atom stereocenters. The Balaban J connectivity index is 1.59. The third-order valence-corrected chi connectivity index (χ3v) is 5.55. The minimum atomic E-state index is -0.333. The van der Waals surface area contributed by atoms with E-state index in [0.29, 0.717) is 17.9 Å². The molecule has 0 fully saturated rings. The summed E-state index contributed by atoms with van der Waals surface area (Å²) in [6.45, 7) is 0.473. The molecular weight excluding hydrogens is 384 g/mol. The first-order chi connectivity index (χ1) is 15.2. The van der Waals surface area contributed by atoms with Gasteiger partial charge in [0.2, 0.25) is 5.88 Å². The summed E-state index contributed by atoms with van der Waals surface area (Å²) in [5, 5.41) is 12.0. The van der Waals surface area contributed by atoms with Crippen LogP contribution in [0.3, 0.4) is 0 Å². The molecule has 1 heterocycles. The van der Waals surface area contributed by atoms with Crippen molar-refractivity contribution in [3.63, 3.8) is 0 Å². The summed E-state index contributed by atoms with van der Waals surface area (Å²) in [6.07, 6.45) is 0. The molecule has 31 heavy (non-hydrogen) atoms. The zero-order valence-electron chi connectivity index (χ0n) is 16.8. The second-order valence-electron chi connectivity index (χ2n) is 7.47. The lowest BCUT2D eigenvalue weighted by atomic mass is 9.81. The lowest BCUT2D eigenvalue weighted by Gasteiger charge is -2.28. The second kappa shape index (κ2) is 7.89. The van der Waals surface area contributed by atoms with E-state index in [2.05, 4.69) is 18.2 Å². The molecule has 1 aliphatic heterocycles. The number of benzene rings is 4. The Hall–Kier alpha value is -4.23. The van der Waals surface area contributed by atoms with Gasteiger partial charge in [-0.2, -0.15) is 5.26 Å². The molecular formula is C27H20N2O2. The third kappa shape index (κ3) is 3.47. The highest BCUT2D eigenvalue weighted by atomic mass is 16.5. The number of nitrogens with zero attached hydrogens (tertiary/aromatic N) is 1. The van der Waals surface area contributed by atoms with E-state index in [1.165, 1.54) is 0 Å². The average molecular weight is 404 g/mol. The molecule has 0 radical (unpaired) electrons. The van der Waals surface area contributed by atoms with Crippen LogP contribution < -0.4 is 15.2 Å². The first-order valence-corrected chi connectivity index (χ1v) is 10.1. The van der Waals surface area contributed by atoms with E-state index >= 15 is 0 Å². The van der Waals surface area contributed by atoms with Crippen molar-refractivity contribution in [2.24, 2.45) is 5.73 Å². The van der Waals surface area contributed by atoms with E-state index in [4.69, 9.17) is 15.2 Å². The molecule has 4 aromatic carbocycles. The zero-order valence-corrected chi connectivity index (χ0v) is 16.8.